The van der Waals surface area contributed by atoms with E-state index in [0.717, 1.165) is 0 Å². The molecular formula is C7H10IN3O4S. The van der Waals surface area contributed by atoms with Crippen molar-refractivity contribution in [2.45, 2.75) is 8.95 Å². The van der Waals surface area contributed by atoms with E-state index in [-0.39, 0.29) is 11.6 Å². The quantitative estimate of drug-likeness (QED) is 0.426. The van der Waals surface area contributed by atoms with Crippen molar-refractivity contribution < 1.29 is 17.9 Å². The Balaban J connectivity index is 2.59. The Kier molecular flexibility index (Phi) is 4.68. The first-order valence-corrected chi connectivity index (χ1v) is 6.90. The highest BCUT2D eigenvalue weighted by Crippen LogP contribution is 2.05. The van der Waals surface area contributed by atoms with Gasteiger partial charge in [0.15, 0.2) is 5.03 Å². The highest BCUT2D eigenvalue weighted by Gasteiger charge is 2.20. The van der Waals surface area contributed by atoms with E-state index in [1.54, 1.807) is 22.6 Å². The molecule has 1 aromatic heterocycles. The number of aromatic amines is 1. The van der Waals surface area contributed by atoms with E-state index in [2.05, 4.69) is 19.4 Å². The molecule has 1 rings (SSSR count). The minimum atomic E-state index is -3.63. The van der Waals surface area contributed by atoms with E-state index < -0.39 is 19.9 Å². The number of alkyl halides is 1. The van der Waals surface area contributed by atoms with Crippen LogP contribution in [0.15, 0.2) is 17.6 Å². The van der Waals surface area contributed by atoms with Gasteiger partial charge in [-0.3, -0.25) is 4.79 Å². The fraction of sp³-hybridized carbons (Fsp3) is 0.429. The number of esters is 1. The number of hydrogen-bond acceptors (Lipinski definition) is 5. The summed E-state index contributed by atoms with van der Waals surface area (Å²) in [6.45, 7) is -0.0331. The molecule has 0 aliphatic rings. The summed E-state index contributed by atoms with van der Waals surface area (Å²) in [5.74, 6) is -0.479. The lowest BCUT2D eigenvalue weighted by Crippen LogP contribution is -2.34. The van der Waals surface area contributed by atoms with Gasteiger partial charge in [0.1, 0.15) is 3.92 Å². The maximum absolute atomic E-state index is 11.6. The van der Waals surface area contributed by atoms with Crippen molar-refractivity contribution in [1.82, 2.24) is 14.7 Å². The summed E-state index contributed by atoms with van der Waals surface area (Å²) in [4.78, 5) is 17.1. The van der Waals surface area contributed by atoms with Crippen molar-refractivity contribution >= 4 is 38.6 Å². The van der Waals surface area contributed by atoms with Crippen molar-refractivity contribution in [2.24, 2.45) is 0 Å². The number of ether oxygens (including phenoxy) is 1. The molecule has 0 fully saturated rings. The van der Waals surface area contributed by atoms with Crippen molar-refractivity contribution in [3.63, 3.8) is 0 Å². The molecule has 1 aromatic rings. The molecular weight excluding hydrogens is 349 g/mol. The lowest BCUT2D eigenvalue weighted by molar-refractivity contribution is -0.139. The summed E-state index contributed by atoms with van der Waals surface area (Å²) >= 11 is 1.80. The van der Waals surface area contributed by atoms with Gasteiger partial charge in [-0.25, -0.2) is 18.1 Å². The van der Waals surface area contributed by atoms with Gasteiger partial charge in [-0.1, -0.05) is 22.6 Å². The van der Waals surface area contributed by atoms with Gasteiger partial charge >= 0.3 is 5.97 Å². The fourth-order valence-electron chi connectivity index (χ4n) is 0.862. The molecule has 0 radical (unpaired) electrons. The maximum Gasteiger partial charge on any atom is 0.319 e. The predicted octanol–water partition coefficient (Wildman–Crippen LogP) is -0.335. The SMILES string of the molecule is COC(=O)C(I)CNS(=O)(=O)c1cnc[nH]1. The number of halogens is 1. The molecule has 0 saturated carbocycles. The minimum Gasteiger partial charge on any atom is -0.468 e. The Morgan fingerprint density at radius 2 is 2.44 bits per heavy atom. The van der Waals surface area contributed by atoms with Crippen LogP contribution in [0.25, 0.3) is 0 Å². The first-order chi connectivity index (χ1) is 7.47. The normalized spacial score (nSPS) is 13.4. The van der Waals surface area contributed by atoms with Crippen LogP contribution in [-0.4, -0.2) is 41.9 Å². The predicted molar refractivity (Wildman–Crippen MR) is 63.6 cm³/mol. The Labute approximate surface area is 106 Å². The number of sulfonamides is 1. The average molecular weight is 359 g/mol. The van der Waals surface area contributed by atoms with Crippen LogP contribution < -0.4 is 4.72 Å². The van der Waals surface area contributed by atoms with Gasteiger partial charge in [-0.2, -0.15) is 0 Å². The van der Waals surface area contributed by atoms with Gasteiger partial charge in [0.25, 0.3) is 10.0 Å². The number of rotatable bonds is 5. The molecule has 0 amide bonds. The summed E-state index contributed by atoms with van der Waals surface area (Å²) in [7, 11) is -2.39. The van der Waals surface area contributed by atoms with E-state index in [9.17, 15) is 13.2 Å². The molecule has 7 nitrogen and oxygen atoms in total. The molecule has 1 unspecified atom stereocenters. The summed E-state index contributed by atoms with van der Waals surface area (Å²) in [6.07, 6.45) is 2.44. The lowest BCUT2D eigenvalue weighted by Gasteiger charge is -2.08. The highest BCUT2D eigenvalue weighted by atomic mass is 127. The van der Waals surface area contributed by atoms with Gasteiger partial charge in [0.05, 0.1) is 19.6 Å². The zero-order chi connectivity index (χ0) is 12.2. The molecule has 0 spiro atoms. The van der Waals surface area contributed by atoms with Crippen molar-refractivity contribution in [2.75, 3.05) is 13.7 Å². The van der Waals surface area contributed by atoms with E-state index in [4.69, 9.17) is 0 Å². The number of methoxy groups -OCH3 is 1. The second kappa shape index (κ2) is 5.59. The number of nitrogens with one attached hydrogen (secondary N) is 2. The van der Waals surface area contributed by atoms with E-state index >= 15 is 0 Å². The number of aromatic nitrogens is 2. The zero-order valence-corrected chi connectivity index (χ0v) is 11.3. The average Bonchev–Trinajstić information content (AvgIpc) is 2.78. The van der Waals surface area contributed by atoms with Gasteiger partial charge in [-0.05, 0) is 0 Å². The number of carbonyl (C=O) groups is 1. The number of hydrogen-bond donors (Lipinski definition) is 2. The first kappa shape index (κ1) is 13.4. The molecule has 0 aliphatic carbocycles. The number of imidazole rings is 1. The van der Waals surface area contributed by atoms with Crippen molar-refractivity contribution in [3.8, 4) is 0 Å². The molecule has 1 heterocycles. The Morgan fingerprint density at radius 3 is 2.94 bits per heavy atom. The Bertz CT molecular complexity index is 444. The maximum atomic E-state index is 11.6. The third-order valence-corrected chi connectivity index (χ3v) is 3.97. The molecule has 90 valence electrons. The van der Waals surface area contributed by atoms with Gasteiger partial charge < -0.3 is 9.72 Å². The van der Waals surface area contributed by atoms with Crippen LogP contribution in [0.4, 0.5) is 0 Å². The molecule has 0 aliphatic heterocycles. The standard InChI is InChI=1S/C7H10IN3O4S/c1-15-7(12)5(8)2-11-16(13,14)6-3-9-4-10-6/h3-5,11H,2H2,1H3,(H,9,10). The molecule has 2 N–H and O–H groups in total. The summed E-state index contributed by atoms with van der Waals surface area (Å²) in [6, 6.07) is 0. The monoisotopic (exact) mass is 359 g/mol. The Morgan fingerprint density at radius 1 is 1.75 bits per heavy atom. The second-order valence-corrected chi connectivity index (χ2v) is 6.00. The van der Waals surface area contributed by atoms with Crippen LogP contribution in [0.3, 0.4) is 0 Å². The topological polar surface area (TPSA) is 101 Å². The summed E-state index contributed by atoms with van der Waals surface area (Å²) in [5, 5.41) is -0.0408. The smallest absolute Gasteiger partial charge is 0.319 e. The van der Waals surface area contributed by atoms with Crippen LogP contribution >= 0.6 is 22.6 Å². The van der Waals surface area contributed by atoms with Gasteiger partial charge in [0.2, 0.25) is 0 Å². The minimum absolute atomic E-state index is 0.0331. The van der Waals surface area contributed by atoms with Gasteiger partial charge in [0, 0.05) is 6.54 Å². The second-order valence-electron chi connectivity index (χ2n) is 2.76. The number of H-pyrrole nitrogens is 1. The van der Waals surface area contributed by atoms with Crippen LogP contribution in [0.5, 0.6) is 0 Å². The fourth-order valence-corrected chi connectivity index (χ4v) is 2.58. The van der Waals surface area contributed by atoms with E-state index in [1.807, 2.05) is 0 Å². The largest absolute Gasteiger partial charge is 0.468 e. The lowest BCUT2D eigenvalue weighted by atomic mass is 10.4. The van der Waals surface area contributed by atoms with E-state index in [1.165, 1.54) is 19.6 Å². The van der Waals surface area contributed by atoms with Crippen molar-refractivity contribution in [3.05, 3.63) is 12.5 Å². The van der Waals surface area contributed by atoms with Crippen LogP contribution in [0.2, 0.25) is 0 Å². The van der Waals surface area contributed by atoms with Crippen molar-refractivity contribution in [1.29, 1.82) is 0 Å². The van der Waals surface area contributed by atoms with Crippen LogP contribution in [-0.2, 0) is 19.6 Å². The summed E-state index contributed by atoms with van der Waals surface area (Å²) in [5.41, 5.74) is 0. The van der Waals surface area contributed by atoms with Gasteiger partial charge in [-0.15, -0.1) is 0 Å². The molecule has 1 atom stereocenters. The third-order valence-electron chi connectivity index (χ3n) is 1.67. The molecule has 0 saturated heterocycles. The molecule has 0 bridgehead atoms. The number of nitrogens with zero attached hydrogens (tertiary/aromatic N) is 1. The number of carbonyl (C=O) groups excluding carboxylic acids is 1. The zero-order valence-electron chi connectivity index (χ0n) is 8.31. The summed E-state index contributed by atoms with van der Waals surface area (Å²) < 4.78 is 29.3. The van der Waals surface area contributed by atoms with Crippen LogP contribution in [0, 0.1) is 0 Å². The Hall–Kier alpha value is -0.680. The van der Waals surface area contributed by atoms with Crippen LogP contribution in [0.1, 0.15) is 0 Å². The molecule has 16 heavy (non-hydrogen) atoms. The first-order valence-electron chi connectivity index (χ1n) is 4.17. The molecule has 9 heteroatoms. The van der Waals surface area contributed by atoms with E-state index in [0.29, 0.717) is 0 Å². The highest BCUT2D eigenvalue weighted by molar-refractivity contribution is 14.1. The third kappa shape index (κ3) is 3.42. The molecule has 0 aromatic carbocycles.